The molecule has 4 nitrogen and oxygen atoms in total. The van der Waals surface area contributed by atoms with Crippen LogP contribution < -0.4 is 5.32 Å². The van der Waals surface area contributed by atoms with E-state index in [9.17, 15) is 13.6 Å². The summed E-state index contributed by atoms with van der Waals surface area (Å²) in [4.78, 5) is 12.8. The molecule has 1 amide bonds. The zero-order valence-corrected chi connectivity index (χ0v) is 13.5. The predicted molar refractivity (Wildman–Crippen MR) is 87.6 cm³/mol. The Balaban J connectivity index is 1.80. The van der Waals surface area contributed by atoms with Crippen LogP contribution in [0, 0.1) is 11.6 Å². The number of benzene rings is 2. The third kappa shape index (κ3) is 3.46. The quantitative estimate of drug-likeness (QED) is 0.778. The highest BCUT2D eigenvalue weighted by Gasteiger charge is 2.20. The summed E-state index contributed by atoms with van der Waals surface area (Å²) in [6.07, 6.45) is 0. The minimum atomic E-state index is -0.363. The molecule has 0 aliphatic rings. The van der Waals surface area contributed by atoms with Crippen LogP contribution in [0.25, 0.3) is 11.3 Å². The van der Waals surface area contributed by atoms with Gasteiger partial charge in [0.05, 0.1) is 6.04 Å². The molecule has 24 heavy (non-hydrogen) atoms. The first-order valence-corrected chi connectivity index (χ1v) is 7.96. The Morgan fingerprint density at radius 3 is 2.25 bits per heavy atom. The molecule has 2 aromatic carbocycles. The lowest BCUT2D eigenvalue weighted by molar-refractivity contribution is 0.0944. The molecule has 1 N–H and O–H groups in total. The fourth-order valence-corrected chi connectivity index (χ4v) is 2.82. The van der Waals surface area contributed by atoms with Gasteiger partial charge in [-0.25, -0.2) is 8.78 Å². The standard InChI is InChI=1S/C17H13F2N3OS/c1-10(11-2-6-13(18)7-3-11)20-17(23)16-15(21-22-24-16)12-4-8-14(19)9-5-12/h2-10H,1H3,(H,20,23)/t10-/m1/s1. The van der Waals surface area contributed by atoms with Gasteiger partial charge in [0, 0.05) is 5.56 Å². The van der Waals surface area contributed by atoms with Gasteiger partial charge in [-0.1, -0.05) is 16.6 Å². The van der Waals surface area contributed by atoms with Crippen LogP contribution in [0.3, 0.4) is 0 Å². The first kappa shape index (κ1) is 16.2. The highest BCUT2D eigenvalue weighted by atomic mass is 32.1. The zero-order chi connectivity index (χ0) is 17.1. The smallest absolute Gasteiger partial charge is 0.265 e. The van der Waals surface area contributed by atoms with Crippen molar-refractivity contribution in [2.24, 2.45) is 0 Å². The predicted octanol–water partition coefficient (Wildman–Crippen LogP) is 3.97. The van der Waals surface area contributed by atoms with Crippen LogP contribution in [-0.4, -0.2) is 15.5 Å². The fraction of sp³-hybridized carbons (Fsp3) is 0.118. The molecule has 122 valence electrons. The summed E-state index contributed by atoms with van der Waals surface area (Å²) < 4.78 is 29.8. The number of hydrogen-bond acceptors (Lipinski definition) is 4. The summed E-state index contributed by atoms with van der Waals surface area (Å²) in [7, 11) is 0. The number of halogens is 2. The van der Waals surface area contributed by atoms with Gasteiger partial charge in [0.25, 0.3) is 5.91 Å². The lowest BCUT2D eigenvalue weighted by Crippen LogP contribution is -2.26. The van der Waals surface area contributed by atoms with Crippen molar-refractivity contribution >= 4 is 17.4 Å². The molecular formula is C17H13F2N3OS. The number of nitrogens with one attached hydrogen (secondary N) is 1. The van der Waals surface area contributed by atoms with Gasteiger partial charge in [-0.15, -0.1) is 5.10 Å². The van der Waals surface area contributed by atoms with Crippen molar-refractivity contribution in [2.75, 3.05) is 0 Å². The van der Waals surface area contributed by atoms with Crippen molar-refractivity contribution in [3.8, 4) is 11.3 Å². The second-order valence-corrected chi connectivity index (χ2v) is 5.96. The van der Waals surface area contributed by atoms with Crippen molar-refractivity contribution in [2.45, 2.75) is 13.0 Å². The molecule has 0 aliphatic carbocycles. The molecule has 0 radical (unpaired) electrons. The highest BCUT2D eigenvalue weighted by Crippen LogP contribution is 2.25. The molecule has 1 atom stereocenters. The summed E-state index contributed by atoms with van der Waals surface area (Å²) in [5.74, 6) is -1.03. The van der Waals surface area contributed by atoms with Crippen LogP contribution in [-0.2, 0) is 0 Å². The number of carbonyl (C=O) groups excluding carboxylic acids is 1. The number of hydrogen-bond donors (Lipinski definition) is 1. The molecule has 0 unspecified atom stereocenters. The maximum atomic E-state index is 13.0. The summed E-state index contributed by atoms with van der Waals surface area (Å²) in [6, 6.07) is 11.3. The molecule has 7 heteroatoms. The molecule has 0 aliphatic heterocycles. The molecule has 0 spiro atoms. The molecular weight excluding hydrogens is 332 g/mol. The Labute approximate surface area is 141 Å². The van der Waals surface area contributed by atoms with Gasteiger partial charge >= 0.3 is 0 Å². The zero-order valence-electron chi connectivity index (χ0n) is 12.7. The second-order valence-electron chi connectivity index (χ2n) is 5.20. The largest absolute Gasteiger partial charge is 0.345 e. The van der Waals surface area contributed by atoms with E-state index in [1.165, 1.54) is 24.3 Å². The van der Waals surface area contributed by atoms with E-state index in [1.54, 1.807) is 31.2 Å². The summed E-state index contributed by atoms with van der Waals surface area (Å²) in [6.45, 7) is 1.80. The minimum absolute atomic E-state index is 0.304. The Morgan fingerprint density at radius 2 is 1.62 bits per heavy atom. The van der Waals surface area contributed by atoms with Gasteiger partial charge in [0.15, 0.2) is 0 Å². The lowest BCUT2D eigenvalue weighted by Gasteiger charge is -2.14. The number of amides is 1. The van der Waals surface area contributed by atoms with Gasteiger partial charge in [-0.3, -0.25) is 4.79 Å². The van der Waals surface area contributed by atoms with Gasteiger partial charge < -0.3 is 5.32 Å². The van der Waals surface area contributed by atoms with E-state index in [0.29, 0.717) is 16.1 Å². The first-order chi connectivity index (χ1) is 11.5. The van der Waals surface area contributed by atoms with Crippen LogP contribution in [0.2, 0.25) is 0 Å². The molecule has 0 bridgehead atoms. The summed E-state index contributed by atoms with van der Waals surface area (Å²) in [5.41, 5.74) is 1.80. The van der Waals surface area contributed by atoms with Crippen molar-refractivity contribution in [3.05, 3.63) is 70.6 Å². The van der Waals surface area contributed by atoms with Gasteiger partial charge in [-0.05, 0) is 60.4 Å². The van der Waals surface area contributed by atoms with Crippen LogP contribution >= 0.6 is 11.5 Å². The Bertz CT molecular complexity index is 847. The van der Waals surface area contributed by atoms with E-state index in [1.807, 2.05) is 0 Å². The second kappa shape index (κ2) is 6.84. The van der Waals surface area contributed by atoms with Gasteiger partial charge in [-0.2, -0.15) is 0 Å². The molecule has 3 aromatic rings. The number of rotatable bonds is 4. The van der Waals surface area contributed by atoms with Crippen molar-refractivity contribution in [3.63, 3.8) is 0 Å². The van der Waals surface area contributed by atoms with Crippen LogP contribution in [0.5, 0.6) is 0 Å². The molecule has 0 saturated heterocycles. The molecule has 1 heterocycles. The average Bonchev–Trinajstić information content (AvgIpc) is 3.06. The monoisotopic (exact) mass is 345 g/mol. The van der Waals surface area contributed by atoms with Crippen LogP contribution in [0.15, 0.2) is 48.5 Å². The number of aromatic nitrogens is 2. The Hall–Kier alpha value is -2.67. The third-order valence-electron chi connectivity index (χ3n) is 3.53. The van der Waals surface area contributed by atoms with Crippen molar-refractivity contribution in [1.29, 1.82) is 0 Å². The van der Waals surface area contributed by atoms with E-state index in [-0.39, 0.29) is 23.6 Å². The Morgan fingerprint density at radius 1 is 1.04 bits per heavy atom. The van der Waals surface area contributed by atoms with E-state index in [2.05, 4.69) is 14.9 Å². The molecule has 0 saturated carbocycles. The highest BCUT2D eigenvalue weighted by molar-refractivity contribution is 7.08. The number of nitrogens with zero attached hydrogens (tertiary/aromatic N) is 2. The average molecular weight is 345 g/mol. The summed E-state index contributed by atoms with van der Waals surface area (Å²) in [5, 5.41) is 6.80. The number of carbonyl (C=O) groups is 1. The van der Waals surface area contributed by atoms with Crippen LogP contribution in [0.4, 0.5) is 8.78 Å². The molecule has 0 fully saturated rings. The van der Waals surface area contributed by atoms with E-state index < -0.39 is 0 Å². The van der Waals surface area contributed by atoms with Gasteiger partial charge in [0.1, 0.15) is 22.2 Å². The minimum Gasteiger partial charge on any atom is -0.345 e. The maximum Gasteiger partial charge on any atom is 0.265 e. The normalized spacial score (nSPS) is 12.0. The van der Waals surface area contributed by atoms with E-state index in [4.69, 9.17) is 0 Å². The van der Waals surface area contributed by atoms with Crippen LogP contribution in [0.1, 0.15) is 28.2 Å². The van der Waals surface area contributed by atoms with Crippen molar-refractivity contribution < 1.29 is 13.6 Å². The maximum absolute atomic E-state index is 13.0. The van der Waals surface area contributed by atoms with Gasteiger partial charge in [0.2, 0.25) is 0 Å². The topological polar surface area (TPSA) is 54.9 Å². The summed E-state index contributed by atoms with van der Waals surface area (Å²) >= 11 is 0.969. The first-order valence-electron chi connectivity index (χ1n) is 7.19. The molecule has 3 rings (SSSR count). The molecule has 1 aromatic heterocycles. The fourth-order valence-electron chi connectivity index (χ4n) is 2.23. The van der Waals surface area contributed by atoms with E-state index >= 15 is 0 Å². The SMILES string of the molecule is C[C@@H](NC(=O)c1snnc1-c1ccc(F)cc1)c1ccc(F)cc1. The Kier molecular flexibility index (Phi) is 4.61. The third-order valence-corrected chi connectivity index (χ3v) is 4.25. The van der Waals surface area contributed by atoms with E-state index in [0.717, 1.165) is 17.1 Å². The lowest BCUT2D eigenvalue weighted by atomic mass is 10.1. The van der Waals surface area contributed by atoms with Crippen molar-refractivity contribution in [1.82, 2.24) is 14.9 Å².